The minimum Gasteiger partial charge on any atom is -0.508 e. The number of aromatic hydroxyl groups is 1. The number of allylic oxidation sites excluding steroid dienone is 6. The van der Waals surface area contributed by atoms with Crippen molar-refractivity contribution < 1.29 is 18.6 Å². The van der Waals surface area contributed by atoms with Gasteiger partial charge in [0.15, 0.2) is 0 Å². The lowest BCUT2D eigenvalue weighted by Gasteiger charge is -2.20. The Kier molecular flexibility index (Phi) is 9.79. The number of rotatable bonds is 10. The summed E-state index contributed by atoms with van der Waals surface area (Å²) in [5, 5.41) is 10.2. The average molecular weight is 522 g/mol. The Morgan fingerprint density at radius 1 is 1.08 bits per heavy atom. The van der Waals surface area contributed by atoms with E-state index in [9.17, 15) is 9.50 Å². The van der Waals surface area contributed by atoms with Crippen molar-refractivity contribution in [2.75, 3.05) is 26.3 Å². The molecule has 0 amide bonds. The highest BCUT2D eigenvalue weighted by Crippen LogP contribution is 2.42. The summed E-state index contributed by atoms with van der Waals surface area (Å²) < 4.78 is 34.3. The van der Waals surface area contributed by atoms with Gasteiger partial charge in [0.05, 0.1) is 12.4 Å². The van der Waals surface area contributed by atoms with Crippen LogP contribution in [-0.4, -0.2) is 42.4 Å². The molecule has 204 valence electrons. The molecule has 0 saturated carbocycles. The van der Waals surface area contributed by atoms with Gasteiger partial charge < -0.3 is 9.84 Å². The Hall–Kier alpha value is -2.92. The first-order valence-electron chi connectivity index (χ1n) is 14.1. The van der Waals surface area contributed by atoms with Crippen LogP contribution in [0.4, 0.5) is 8.78 Å². The van der Waals surface area contributed by atoms with Crippen LogP contribution < -0.4 is 0 Å². The van der Waals surface area contributed by atoms with E-state index in [4.69, 9.17) is 4.74 Å². The highest BCUT2D eigenvalue weighted by molar-refractivity contribution is 5.99. The minimum absolute atomic E-state index is 0.123. The molecule has 1 saturated heterocycles. The lowest BCUT2D eigenvalue weighted by atomic mass is 9.86. The van der Waals surface area contributed by atoms with Crippen LogP contribution in [0.5, 0.6) is 5.75 Å². The van der Waals surface area contributed by atoms with Crippen molar-refractivity contribution in [3.63, 3.8) is 0 Å². The number of hydrogen-bond acceptors (Lipinski definition) is 3. The number of phenols is 1. The molecule has 1 N–H and O–H groups in total. The molecule has 1 aliphatic heterocycles. The smallest absolute Gasteiger partial charge is 0.130 e. The number of ether oxygens (including phenoxy) is 1. The third kappa shape index (κ3) is 6.74. The molecule has 2 aromatic rings. The Labute approximate surface area is 226 Å². The van der Waals surface area contributed by atoms with E-state index in [-0.39, 0.29) is 24.3 Å². The van der Waals surface area contributed by atoms with Gasteiger partial charge in [0.25, 0.3) is 0 Å². The highest BCUT2D eigenvalue weighted by atomic mass is 19.1. The summed E-state index contributed by atoms with van der Waals surface area (Å²) in [6.45, 7) is 8.42. The Bertz CT molecular complexity index is 1210. The quantitative estimate of drug-likeness (QED) is 0.253. The maximum Gasteiger partial charge on any atom is 0.130 e. The molecule has 1 fully saturated rings. The second-order valence-electron chi connectivity index (χ2n) is 10.4. The van der Waals surface area contributed by atoms with Gasteiger partial charge >= 0.3 is 0 Å². The summed E-state index contributed by atoms with van der Waals surface area (Å²) in [7, 11) is 0. The molecule has 0 radical (unpaired) electrons. The van der Waals surface area contributed by atoms with E-state index in [1.54, 1.807) is 12.1 Å². The zero-order valence-electron chi connectivity index (χ0n) is 23.0. The Morgan fingerprint density at radius 2 is 1.89 bits per heavy atom. The van der Waals surface area contributed by atoms with Crippen LogP contribution in [0.3, 0.4) is 0 Å². The van der Waals surface area contributed by atoms with Crippen molar-refractivity contribution in [1.82, 2.24) is 4.90 Å². The van der Waals surface area contributed by atoms with Gasteiger partial charge in [-0.3, -0.25) is 9.29 Å². The van der Waals surface area contributed by atoms with Crippen molar-refractivity contribution in [2.24, 2.45) is 0 Å². The molecule has 4 rings (SSSR count). The van der Waals surface area contributed by atoms with Crippen LogP contribution in [0.2, 0.25) is 0 Å². The summed E-state index contributed by atoms with van der Waals surface area (Å²) in [4.78, 5) is 2.27. The van der Waals surface area contributed by atoms with Crippen LogP contribution in [0.1, 0.15) is 74.6 Å². The van der Waals surface area contributed by atoms with Gasteiger partial charge in [0.2, 0.25) is 0 Å². The fourth-order valence-corrected chi connectivity index (χ4v) is 5.68. The van der Waals surface area contributed by atoms with Crippen LogP contribution in [0, 0.1) is 12.7 Å². The third-order valence-electron chi connectivity index (χ3n) is 7.66. The van der Waals surface area contributed by atoms with Crippen molar-refractivity contribution in [3.05, 3.63) is 88.0 Å². The standard InChI is InChI=1S/C33H41F2NO2/c1-4-24(11-13-27(5-2)38-28-16-19-36(22-28)18-7-17-34)33-29-15-12-26(37)21-25(29)8-6-9-31(33)30-14-10-23(3)20-32(30)35/h10-15,20-21,28,37H,4-9,16-19,22H2,1-3H3/b24-11+,27-13+/t28-/m0/s1. The van der Waals surface area contributed by atoms with Gasteiger partial charge in [-0.25, -0.2) is 4.39 Å². The first-order chi connectivity index (χ1) is 18.4. The SMILES string of the molecule is CC/C(=C\C=C(/CC)C1=C(c2ccc(C)cc2F)CCCc2cc(O)ccc21)O[C@H]1CCN(CCCF)C1. The molecule has 0 unspecified atom stereocenters. The molecule has 5 heteroatoms. The Morgan fingerprint density at radius 3 is 2.63 bits per heavy atom. The molecular weight excluding hydrogens is 480 g/mol. The molecule has 0 spiro atoms. The maximum atomic E-state index is 15.3. The number of benzene rings is 2. The van der Waals surface area contributed by atoms with E-state index in [0.29, 0.717) is 12.0 Å². The predicted octanol–water partition coefficient (Wildman–Crippen LogP) is 8.17. The van der Waals surface area contributed by atoms with Crippen molar-refractivity contribution in [1.29, 1.82) is 0 Å². The molecule has 1 heterocycles. The van der Waals surface area contributed by atoms with Gasteiger partial charge in [-0.15, -0.1) is 0 Å². The molecule has 0 aromatic heterocycles. The number of fused-ring (bicyclic) bond motifs is 1. The number of phenolic OH excluding ortho intramolecular Hbond substituents is 1. The second-order valence-corrected chi connectivity index (χ2v) is 10.4. The predicted molar refractivity (Wildman–Crippen MR) is 152 cm³/mol. The number of aryl methyl sites for hydroxylation is 2. The van der Waals surface area contributed by atoms with Crippen molar-refractivity contribution in [2.45, 2.75) is 71.8 Å². The van der Waals surface area contributed by atoms with Crippen molar-refractivity contribution >= 4 is 11.1 Å². The lowest BCUT2D eigenvalue weighted by molar-refractivity contribution is 0.115. The molecule has 1 aliphatic carbocycles. The average Bonchev–Trinajstić information content (AvgIpc) is 3.27. The van der Waals surface area contributed by atoms with Gasteiger partial charge in [-0.05, 0) is 103 Å². The fourth-order valence-electron chi connectivity index (χ4n) is 5.68. The highest BCUT2D eigenvalue weighted by Gasteiger charge is 2.25. The number of alkyl halides is 1. The van der Waals surface area contributed by atoms with Crippen molar-refractivity contribution in [3.8, 4) is 5.75 Å². The summed E-state index contributed by atoms with van der Waals surface area (Å²) in [6, 6.07) is 11.0. The van der Waals surface area contributed by atoms with Crippen LogP contribution in [0.15, 0.2) is 59.9 Å². The number of nitrogens with zero attached hydrogens (tertiary/aromatic N) is 1. The van der Waals surface area contributed by atoms with Gasteiger partial charge in [-0.1, -0.05) is 38.1 Å². The van der Waals surface area contributed by atoms with E-state index in [1.165, 1.54) is 0 Å². The second kappa shape index (κ2) is 13.2. The topological polar surface area (TPSA) is 32.7 Å². The van der Waals surface area contributed by atoms with Gasteiger partial charge in [0, 0.05) is 31.6 Å². The molecule has 3 nitrogen and oxygen atoms in total. The van der Waals surface area contributed by atoms with Crippen LogP contribution in [-0.2, 0) is 11.2 Å². The molecule has 2 aliphatic rings. The maximum absolute atomic E-state index is 15.3. The zero-order chi connectivity index (χ0) is 27.1. The van der Waals surface area contributed by atoms with E-state index >= 15 is 4.39 Å². The molecule has 2 aromatic carbocycles. The summed E-state index contributed by atoms with van der Waals surface area (Å²) in [6.07, 6.45) is 9.90. The lowest BCUT2D eigenvalue weighted by Crippen LogP contribution is -2.24. The summed E-state index contributed by atoms with van der Waals surface area (Å²) >= 11 is 0. The van der Waals surface area contributed by atoms with E-state index in [0.717, 1.165) is 97.3 Å². The molecule has 0 bridgehead atoms. The summed E-state index contributed by atoms with van der Waals surface area (Å²) in [5.74, 6) is 0.993. The molecule has 38 heavy (non-hydrogen) atoms. The van der Waals surface area contributed by atoms with Gasteiger partial charge in [0.1, 0.15) is 17.7 Å². The molecule has 1 atom stereocenters. The first-order valence-corrected chi connectivity index (χ1v) is 14.1. The number of hydrogen-bond donors (Lipinski definition) is 1. The first kappa shape index (κ1) is 28.1. The van der Waals surface area contributed by atoms with Crippen LogP contribution >= 0.6 is 0 Å². The van der Waals surface area contributed by atoms with E-state index in [2.05, 4.69) is 30.9 Å². The molecular formula is C33H41F2NO2. The minimum atomic E-state index is -0.278. The largest absolute Gasteiger partial charge is 0.508 e. The fraction of sp³-hybridized carbons (Fsp3) is 0.455. The number of halogens is 2. The monoisotopic (exact) mass is 521 g/mol. The normalized spacial score (nSPS) is 19.0. The van der Waals surface area contributed by atoms with E-state index in [1.807, 2.05) is 31.2 Å². The Balaban J connectivity index is 1.73. The third-order valence-corrected chi connectivity index (χ3v) is 7.66. The van der Waals surface area contributed by atoms with E-state index < -0.39 is 0 Å². The summed E-state index contributed by atoms with van der Waals surface area (Å²) in [5.41, 5.74) is 6.92. The van der Waals surface area contributed by atoms with Gasteiger partial charge in [-0.2, -0.15) is 0 Å². The number of likely N-dealkylation sites (tertiary alicyclic amines) is 1. The zero-order valence-corrected chi connectivity index (χ0v) is 23.0. The van der Waals surface area contributed by atoms with Crippen LogP contribution in [0.25, 0.3) is 11.1 Å².